The van der Waals surface area contributed by atoms with E-state index in [1.54, 1.807) is 12.4 Å². The zero-order valence-electron chi connectivity index (χ0n) is 8.11. The first-order valence-electron chi connectivity index (χ1n) is 4.53. The number of aromatic nitrogens is 5. The molecule has 2 aromatic rings. The van der Waals surface area contributed by atoms with Gasteiger partial charge in [0.15, 0.2) is 0 Å². The molecular formula is C8H8Cl2N6. The van der Waals surface area contributed by atoms with Crippen LogP contribution in [0.3, 0.4) is 0 Å². The molecule has 0 aliphatic heterocycles. The minimum Gasteiger partial charge on any atom is -0.354 e. The van der Waals surface area contributed by atoms with Gasteiger partial charge in [0.05, 0.1) is 0 Å². The quantitative estimate of drug-likeness (QED) is 0.870. The third-order valence-corrected chi connectivity index (χ3v) is 2.12. The second-order valence-electron chi connectivity index (χ2n) is 2.91. The number of nitrogens with one attached hydrogen (secondary N) is 2. The molecule has 2 rings (SSSR count). The van der Waals surface area contributed by atoms with E-state index >= 15 is 0 Å². The van der Waals surface area contributed by atoms with Crippen LogP contribution in [-0.2, 0) is 6.42 Å². The molecule has 0 atom stereocenters. The Hall–Kier alpha value is -1.40. The zero-order chi connectivity index (χ0) is 11.4. The van der Waals surface area contributed by atoms with Gasteiger partial charge in [-0.15, -0.1) is 0 Å². The summed E-state index contributed by atoms with van der Waals surface area (Å²) in [5.41, 5.74) is 0. The van der Waals surface area contributed by atoms with Crippen LogP contribution in [0.1, 0.15) is 5.82 Å². The molecule has 0 aromatic carbocycles. The maximum atomic E-state index is 5.62. The number of H-pyrrole nitrogens is 1. The molecule has 8 heteroatoms. The number of imidazole rings is 1. The fraction of sp³-hybridized carbons (Fsp3) is 0.250. The van der Waals surface area contributed by atoms with Gasteiger partial charge in [-0.05, 0) is 23.2 Å². The molecule has 0 saturated carbocycles. The largest absolute Gasteiger partial charge is 0.354 e. The summed E-state index contributed by atoms with van der Waals surface area (Å²) in [6, 6.07) is 0. The average Bonchev–Trinajstić information content (AvgIpc) is 2.69. The molecule has 0 amide bonds. The molecule has 0 bridgehead atoms. The van der Waals surface area contributed by atoms with E-state index in [0.29, 0.717) is 12.5 Å². The molecule has 0 unspecified atom stereocenters. The lowest BCUT2D eigenvalue weighted by atomic mass is 10.4. The van der Waals surface area contributed by atoms with Crippen LogP contribution in [0.15, 0.2) is 12.4 Å². The van der Waals surface area contributed by atoms with Gasteiger partial charge in [0, 0.05) is 25.4 Å². The summed E-state index contributed by atoms with van der Waals surface area (Å²) in [6.07, 6.45) is 4.20. The van der Waals surface area contributed by atoms with Gasteiger partial charge in [0.2, 0.25) is 16.5 Å². The topological polar surface area (TPSA) is 79.4 Å². The van der Waals surface area contributed by atoms with Gasteiger partial charge in [-0.2, -0.15) is 15.0 Å². The summed E-state index contributed by atoms with van der Waals surface area (Å²) in [6.45, 7) is 0.629. The predicted octanol–water partition coefficient (Wildman–Crippen LogP) is 1.56. The van der Waals surface area contributed by atoms with Crippen LogP contribution in [0.25, 0.3) is 0 Å². The van der Waals surface area contributed by atoms with E-state index in [-0.39, 0.29) is 10.6 Å². The summed E-state index contributed by atoms with van der Waals surface area (Å²) in [7, 11) is 0. The molecule has 0 aliphatic carbocycles. The monoisotopic (exact) mass is 258 g/mol. The SMILES string of the molecule is Clc1nc(Cl)nc(NCCc2ncc[nH]2)n1. The van der Waals surface area contributed by atoms with E-state index in [1.807, 2.05) is 0 Å². The van der Waals surface area contributed by atoms with Crippen LogP contribution in [0.2, 0.25) is 10.6 Å². The molecule has 16 heavy (non-hydrogen) atoms. The fourth-order valence-electron chi connectivity index (χ4n) is 1.13. The Morgan fingerprint density at radius 2 is 1.94 bits per heavy atom. The predicted molar refractivity (Wildman–Crippen MR) is 60.6 cm³/mol. The van der Waals surface area contributed by atoms with Gasteiger partial charge in [-0.3, -0.25) is 0 Å². The number of rotatable bonds is 4. The van der Waals surface area contributed by atoms with Crippen molar-refractivity contribution in [2.75, 3.05) is 11.9 Å². The maximum Gasteiger partial charge on any atom is 0.228 e. The standard InChI is InChI=1S/C8H8Cl2N6/c9-6-14-7(10)16-8(15-6)13-2-1-5-11-3-4-12-5/h3-4H,1-2H2,(H,11,12)(H,13,14,15,16). The Kier molecular flexibility index (Phi) is 3.53. The Morgan fingerprint density at radius 1 is 1.19 bits per heavy atom. The highest BCUT2D eigenvalue weighted by molar-refractivity contribution is 6.31. The van der Waals surface area contributed by atoms with Crippen molar-refractivity contribution < 1.29 is 0 Å². The number of nitrogens with zero attached hydrogens (tertiary/aromatic N) is 4. The summed E-state index contributed by atoms with van der Waals surface area (Å²) in [4.78, 5) is 18.5. The van der Waals surface area contributed by atoms with E-state index in [1.165, 1.54) is 0 Å². The zero-order valence-corrected chi connectivity index (χ0v) is 9.63. The van der Waals surface area contributed by atoms with Crippen molar-refractivity contribution in [3.8, 4) is 0 Å². The lowest BCUT2D eigenvalue weighted by molar-refractivity contribution is 0.906. The van der Waals surface area contributed by atoms with Crippen molar-refractivity contribution >= 4 is 29.2 Å². The van der Waals surface area contributed by atoms with Gasteiger partial charge in [0.1, 0.15) is 5.82 Å². The van der Waals surface area contributed by atoms with Gasteiger partial charge < -0.3 is 10.3 Å². The number of halogens is 2. The summed E-state index contributed by atoms with van der Waals surface area (Å²) < 4.78 is 0. The second-order valence-corrected chi connectivity index (χ2v) is 3.59. The molecular weight excluding hydrogens is 251 g/mol. The molecule has 84 valence electrons. The fourth-order valence-corrected chi connectivity index (χ4v) is 1.50. The van der Waals surface area contributed by atoms with Gasteiger partial charge in [-0.25, -0.2) is 4.98 Å². The van der Waals surface area contributed by atoms with Gasteiger partial charge in [-0.1, -0.05) is 0 Å². The van der Waals surface area contributed by atoms with E-state index in [9.17, 15) is 0 Å². The van der Waals surface area contributed by atoms with E-state index in [2.05, 4.69) is 30.2 Å². The minimum atomic E-state index is 0.0699. The van der Waals surface area contributed by atoms with Crippen LogP contribution in [0, 0.1) is 0 Å². The Bertz CT molecular complexity index is 437. The second kappa shape index (κ2) is 5.09. The van der Waals surface area contributed by atoms with Crippen LogP contribution in [-0.4, -0.2) is 31.5 Å². The molecule has 0 aliphatic rings. The van der Waals surface area contributed by atoms with Crippen molar-refractivity contribution in [3.05, 3.63) is 28.8 Å². The minimum absolute atomic E-state index is 0.0699. The first-order valence-corrected chi connectivity index (χ1v) is 5.29. The molecule has 0 fully saturated rings. The van der Waals surface area contributed by atoms with Gasteiger partial charge >= 0.3 is 0 Å². The lowest BCUT2D eigenvalue weighted by Crippen LogP contribution is -2.09. The molecule has 6 nitrogen and oxygen atoms in total. The van der Waals surface area contributed by atoms with Crippen molar-refractivity contribution in [2.24, 2.45) is 0 Å². The van der Waals surface area contributed by atoms with Crippen molar-refractivity contribution in [3.63, 3.8) is 0 Å². The Balaban J connectivity index is 1.89. The molecule has 2 heterocycles. The number of anilines is 1. The highest BCUT2D eigenvalue weighted by atomic mass is 35.5. The summed E-state index contributed by atoms with van der Waals surface area (Å²) >= 11 is 11.2. The Morgan fingerprint density at radius 3 is 2.56 bits per heavy atom. The highest BCUT2D eigenvalue weighted by Gasteiger charge is 2.02. The van der Waals surface area contributed by atoms with Crippen LogP contribution in [0.5, 0.6) is 0 Å². The van der Waals surface area contributed by atoms with E-state index < -0.39 is 0 Å². The number of hydrogen-bond donors (Lipinski definition) is 2. The van der Waals surface area contributed by atoms with Crippen molar-refractivity contribution in [1.29, 1.82) is 0 Å². The van der Waals surface area contributed by atoms with Crippen molar-refractivity contribution in [1.82, 2.24) is 24.9 Å². The average molecular weight is 259 g/mol. The molecule has 2 aromatic heterocycles. The first kappa shape index (κ1) is 11.1. The molecule has 0 saturated heterocycles. The number of aromatic amines is 1. The number of hydrogen-bond acceptors (Lipinski definition) is 5. The lowest BCUT2D eigenvalue weighted by Gasteiger charge is -2.03. The third kappa shape index (κ3) is 3.04. The maximum absolute atomic E-state index is 5.62. The van der Waals surface area contributed by atoms with Crippen LogP contribution in [0.4, 0.5) is 5.95 Å². The van der Waals surface area contributed by atoms with Crippen LogP contribution >= 0.6 is 23.2 Å². The van der Waals surface area contributed by atoms with Gasteiger partial charge in [0.25, 0.3) is 0 Å². The smallest absolute Gasteiger partial charge is 0.228 e. The molecule has 0 radical (unpaired) electrons. The summed E-state index contributed by atoms with van der Waals surface area (Å²) in [5.74, 6) is 1.25. The Labute approximate surface area is 101 Å². The summed E-state index contributed by atoms with van der Waals surface area (Å²) in [5, 5.41) is 3.11. The normalized spacial score (nSPS) is 10.4. The highest BCUT2D eigenvalue weighted by Crippen LogP contribution is 2.09. The molecule has 2 N–H and O–H groups in total. The van der Waals surface area contributed by atoms with E-state index in [4.69, 9.17) is 23.2 Å². The van der Waals surface area contributed by atoms with E-state index in [0.717, 1.165) is 12.2 Å². The van der Waals surface area contributed by atoms with Crippen molar-refractivity contribution in [2.45, 2.75) is 6.42 Å². The molecule has 0 spiro atoms. The third-order valence-electron chi connectivity index (χ3n) is 1.78. The first-order chi connectivity index (χ1) is 7.74. The van der Waals surface area contributed by atoms with Crippen LogP contribution < -0.4 is 5.32 Å².